The van der Waals surface area contributed by atoms with Gasteiger partial charge in [-0.25, -0.2) is 4.79 Å². The topological polar surface area (TPSA) is 35.5 Å². The van der Waals surface area contributed by atoms with Crippen molar-refractivity contribution >= 4 is 5.97 Å². The van der Waals surface area contributed by atoms with Crippen molar-refractivity contribution in [2.75, 3.05) is 0 Å². The molecule has 3 heteroatoms. The van der Waals surface area contributed by atoms with E-state index in [0.29, 0.717) is 11.5 Å². The van der Waals surface area contributed by atoms with E-state index >= 15 is 0 Å². The van der Waals surface area contributed by atoms with Crippen molar-refractivity contribution in [3.8, 4) is 0 Å². The second-order valence-corrected chi connectivity index (χ2v) is 6.77. The van der Waals surface area contributed by atoms with Gasteiger partial charge in [0.1, 0.15) is 6.10 Å². The van der Waals surface area contributed by atoms with Crippen LogP contribution in [0.2, 0.25) is 0 Å². The van der Waals surface area contributed by atoms with Gasteiger partial charge < -0.3 is 0 Å². The lowest BCUT2D eigenvalue weighted by Gasteiger charge is -2.26. The molecule has 0 radical (unpaired) electrons. The predicted octanol–water partition coefficient (Wildman–Crippen LogP) is 5.48. The van der Waals surface area contributed by atoms with E-state index < -0.39 is 0 Å². The number of aryl methyl sites for hydroxylation is 1. The lowest BCUT2D eigenvalue weighted by atomic mass is 9.88. The number of hydrogen-bond acceptors (Lipinski definition) is 3. The van der Waals surface area contributed by atoms with Crippen LogP contribution in [0.4, 0.5) is 0 Å². The third-order valence-electron chi connectivity index (χ3n) is 4.79. The molecule has 1 aromatic carbocycles. The molecule has 2 atom stereocenters. The summed E-state index contributed by atoms with van der Waals surface area (Å²) in [4.78, 5) is 22.5. The van der Waals surface area contributed by atoms with Crippen molar-refractivity contribution in [2.45, 2.75) is 77.7 Å². The van der Waals surface area contributed by atoms with E-state index in [1.807, 2.05) is 24.3 Å². The van der Waals surface area contributed by atoms with Crippen LogP contribution in [0.25, 0.3) is 0 Å². The average Bonchev–Trinajstić information content (AvgIpc) is 2.58. The first kappa shape index (κ1) is 18.0. The van der Waals surface area contributed by atoms with Crippen molar-refractivity contribution in [1.29, 1.82) is 0 Å². The maximum atomic E-state index is 12.1. The fraction of sp³-hybridized carbons (Fsp3) is 0.650. The molecular weight excluding hydrogens is 288 g/mol. The van der Waals surface area contributed by atoms with E-state index in [4.69, 9.17) is 9.78 Å². The van der Waals surface area contributed by atoms with Crippen LogP contribution in [-0.4, -0.2) is 12.1 Å². The highest BCUT2D eigenvalue weighted by molar-refractivity contribution is 5.88. The summed E-state index contributed by atoms with van der Waals surface area (Å²) in [5.74, 6) is 0.0716. The molecule has 0 aliphatic heterocycles. The van der Waals surface area contributed by atoms with E-state index in [-0.39, 0.29) is 12.1 Å². The summed E-state index contributed by atoms with van der Waals surface area (Å²) >= 11 is 0. The van der Waals surface area contributed by atoms with Gasteiger partial charge in [-0.3, -0.25) is 4.89 Å². The molecule has 2 unspecified atom stereocenters. The molecule has 2 rings (SSSR count). The number of rotatable bonds is 8. The van der Waals surface area contributed by atoms with Crippen molar-refractivity contribution in [3.63, 3.8) is 0 Å². The van der Waals surface area contributed by atoms with Gasteiger partial charge in [-0.05, 0) is 49.3 Å². The van der Waals surface area contributed by atoms with Gasteiger partial charge >= 0.3 is 5.97 Å². The van der Waals surface area contributed by atoms with Gasteiger partial charge in [-0.15, -0.1) is 0 Å². The molecule has 1 aromatic rings. The van der Waals surface area contributed by atoms with Crippen LogP contribution >= 0.6 is 0 Å². The molecule has 0 bridgehead atoms. The zero-order valence-corrected chi connectivity index (χ0v) is 14.6. The first-order valence-corrected chi connectivity index (χ1v) is 9.17. The molecule has 0 saturated heterocycles. The number of carbonyl (C=O) groups excluding carboxylic acids is 1. The third-order valence-corrected chi connectivity index (χ3v) is 4.79. The molecule has 1 fully saturated rings. The Morgan fingerprint density at radius 1 is 1.09 bits per heavy atom. The zero-order chi connectivity index (χ0) is 16.5. The minimum Gasteiger partial charge on any atom is -0.293 e. The Hall–Kier alpha value is -1.35. The van der Waals surface area contributed by atoms with Crippen LogP contribution in [0.15, 0.2) is 24.3 Å². The van der Waals surface area contributed by atoms with Crippen LogP contribution in [0.1, 0.15) is 81.1 Å². The van der Waals surface area contributed by atoms with Gasteiger partial charge in [-0.1, -0.05) is 58.1 Å². The maximum absolute atomic E-state index is 12.1. The van der Waals surface area contributed by atoms with Crippen LogP contribution in [0.3, 0.4) is 0 Å². The van der Waals surface area contributed by atoms with Crippen molar-refractivity contribution in [2.24, 2.45) is 5.92 Å². The summed E-state index contributed by atoms with van der Waals surface area (Å²) < 4.78 is 0. The van der Waals surface area contributed by atoms with Crippen LogP contribution < -0.4 is 0 Å². The molecule has 0 amide bonds. The summed E-state index contributed by atoms with van der Waals surface area (Å²) in [5, 5.41) is 0. The Balaban J connectivity index is 1.76. The van der Waals surface area contributed by atoms with Gasteiger partial charge in [0, 0.05) is 0 Å². The fourth-order valence-corrected chi connectivity index (χ4v) is 3.14. The predicted molar refractivity (Wildman–Crippen MR) is 92.2 cm³/mol. The van der Waals surface area contributed by atoms with Crippen molar-refractivity contribution in [3.05, 3.63) is 35.4 Å². The number of unbranched alkanes of at least 4 members (excludes halogenated alkanes) is 3. The number of carbonyl (C=O) groups is 1. The zero-order valence-electron chi connectivity index (χ0n) is 14.6. The summed E-state index contributed by atoms with van der Waals surface area (Å²) in [5.41, 5.74) is 1.84. The lowest BCUT2D eigenvalue weighted by Crippen LogP contribution is -2.26. The standard InChI is InChI=1S/C20H30O3/c1-3-4-5-6-10-17-12-14-18(15-13-17)20(21)23-22-19-11-8-7-9-16(19)2/h12-16,19H,3-11H2,1-2H3. The second-order valence-electron chi connectivity index (χ2n) is 6.77. The van der Waals surface area contributed by atoms with E-state index in [1.165, 1.54) is 37.7 Å². The Bertz CT molecular complexity index is 466. The summed E-state index contributed by atoms with van der Waals surface area (Å²) in [6, 6.07) is 7.72. The minimum absolute atomic E-state index is 0.0468. The molecule has 1 aliphatic rings. The van der Waals surface area contributed by atoms with Crippen LogP contribution in [-0.2, 0) is 16.2 Å². The highest BCUT2D eigenvalue weighted by atomic mass is 17.2. The van der Waals surface area contributed by atoms with Crippen molar-refractivity contribution < 1.29 is 14.6 Å². The monoisotopic (exact) mass is 318 g/mol. The van der Waals surface area contributed by atoms with E-state index in [0.717, 1.165) is 25.7 Å². The molecule has 0 spiro atoms. The molecule has 3 nitrogen and oxygen atoms in total. The molecule has 0 N–H and O–H groups in total. The minimum atomic E-state index is -0.389. The van der Waals surface area contributed by atoms with Gasteiger partial charge in [0.2, 0.25) is 0 Å². The average molecular weight is 318 g/mol. The Morgan fingerprint density at radius 3 is 2.52 bits per heavy atom. The lowest BCUT2D eigenvalue weighted by molar-refractivity contribution is -0.289. The quantitative estimate of drug-likeness (QED) is 0.362. The Morgan fingerprint density at radius 2 is 1.83 bits per heavy atom. The van der Waals surface area contributed by atoms with Gasteiger partial charge in [-0.2, -0.15) is 4.89 Å². The maximum Gasteiger partial charge on any atom is 0.373 e. The van der Waals surface area contributed by atoms with Gasteiger partial charge in [0.15, 0.2) is 0 Å². The van der Waals surface area contributed by atoms with E-state index in [2.05, 4.69) is 13.8 Å². The van der Waals surface area contributed by atoms with E-state index in [1.54, 1.807) is 0 Å². The summed E-state index contributed by atoms with van der Waals surface area (Å²) in [7, 11) is 0. The molecule has 23 heavy (non-hydrogen) atoms. The first-order valence-electron chi connectivity index (χ1n) is 9.17. The molecule has 1 saturated carbocycles. The highest BCUT2D eigenvalue weighted by Crippen LogP contribution is 2.26. The first-order chi connectivity index (χ1) is 11.2. The van der Waals surface area contributed by atoms with E-state index in [9.17, 15) is 4.79 Å². The summed E-state index contributed by atoms with van der Waals surface area (Å²) in [6.45, 7) is 4.38. The summed E-state index contributed by atoms with van der Waals surface area (Å²) in [6.07, 6.45) is 10.7. The number of benzene rings is 1. The smallest absolute Gasteiger partial charge is 0.293 e. The molecule has 1 aliphatic carbocycles. The van der Waals surface area contributed by atoms with Crippen LogP contribution in [0.5, 0.6) is 0 Å². The third kappa shape index (κ3) is 5.98. The van der Waals surface area contributed by atoms with Gasteiger partial charge in [0.25, 0.3) is 0 Å². The van der Waals surface area contributed by atoms with Crippen molar-refractivity contribution in [1.82, 2.24) is 0 Å². The molecule has 128 valence electrons. The Kier molecular flexibility index (Phi) is 7.60. The fourth-order valence-electron chi connectivity index (χ4n) is 3.14. The highest BCUT2D eigenvalue weighted by Gasteiger charge is 2.24. The van der Waals surface area contributed by atoms with Gasteiger partial charge in [0.05, 0.1) is 5.56 Å². The normalized spacial score (nSPS) is 21.1. The van der Waals surface area contributed by atoms with Crippen LogP contribution in [0, 0.1) is 5.92 Å². The molecule has 0 aromatic heterocycles. The Labute approximate surface area is 140 Å². The largest absolute Gasteiger partial charge is 0.373 e. The molecular formula is C20H30O3. The SMILES string of the molecule is CCCCCCc1ccc(C(=O)OOC2CCCCC2C)cc1. The number of hydrogen-bond donors (Lipinski definition) is 0. The second kappa shape index (κ2) is 9.71. The molecule has 0 heterocycles.